The Balaban J connectivity index is 2.49. The Hall–Kier alpha value is -1.10. The summed E-state index contributed by atoms with van der Waals surface area (Å²) in [6.45, 7) is 2.25. The average molecular weight is 228 g/mol. The van der Waals surface area contributed by atoms with Gasteiger partial charge in [-0.15, -0.1) is 0 Å². The van der Waals surface area contributed by atoms with Crippen molar-refractivity contribution in [2.24, 2.45) is 17.6 Å². The monoisotopic (exact) mass is 228 g/mol. The van der Waals surface area contributed by atoms with E-state index in [0.717, 1.165) is 19.3 Å². The zero-order valence-corrected chi connectivity index (χ0v) is 9.61. The third kappa shape index (κ3) is 3.48. The molecule has 16 heavy (non-hydrogen) atoms. The molecule has 0 heterocycles. The highest BCUT2D eigenvalue weighted by Crippen LogP contribution is 2.32. The van der Waals surface area contributed by atoms with E-state index in [-0.39, 0.29) is 24.3 Å². The molecule has 1 amide bonds. The molecule has 0 aromatic carbocycles. The zero-order valence-electron chi connectivity index (χ0n) is 9.61. The largest absolute Gasteiger partial charge is 0.480 e. The molecule has 2 atom stereocenters. The maximum Gasteiger partial charge on any atom is 0.326 e. The predicted octanol–water partition coefficient (Wildman–Crippen LogP) is 0.341. The van der Waals surface area contributed by atoms with Crippen molar-refractivity contribution in [3.05, 3.63) is 0 Å². The van der Waals surface area contributed by atoms with Crippen LogP contribution in [0.5, 0.6) is 0 Å². The lowest BCUT2D eigenvalue weighted by atomic mass is 10.0. The lowest BCUT2D eigenvalue weighted by molar-refractivity contribution is -0.143. The molecule has 0 aromatic heterocycles. The number of hydrogen-bond acceptors (Lipinski definition) is 3. The van der Waals surface area contributed by atoms with Gasteiger partial charge in [-0.1, -0.05) is 13.3 Å². The third-order valence-corrected chi connectivity index (χ3v) is 2.95. The van der Waals surface area contributed by atoms with Crippen LogP contribution < -0.4 is 11.1 Å². The van der Waals surface area contributed by atoms with Crippen LogP contribution in [0.2, 0.25) is 0 Å². The Morgan fingerprint density at radius 1 is 1.50 bits per heavy atom. The highest BCUT2D eigenvalue weighted by Gasteiger charge is 2.37. The molecule has 0 radical (unpaired) electrons. The molecule has 5 nitrogen and oxygen atoms in total. The smallest absolute Gasteiger partial charge is 0.326 e. The van der Waals surface area contributed by atoms with Crippen LogP contribution in [0.1, 0.15) is 32.6 Å². The molecule has 0 aliphatic heterocycles. The summed E-state index contributed by atoms with van der Waals surface area (Å²) in [7, 11) is 0. The molecule has 0 spiro atoms. The SMILES string of the molecule is CCCC(CN)C(=O)NC(C(=O)O)C1CC1. The number of carboxylic acids is 1. The fourth-order valence-electron chi connectivity index (χ4n) is 1.79. The lowest BCUT2D eigenvalue weighted by Crippen LogP contribution is -2.46. The normalized spacial score (nSPS) is 18.9. The van der Waals surface area contributed by atoms with Gasteiger partial charge in [0, 0.05) is 6.54 Å². The molecule has 4 N–H and O–H groups in total. The maximum atomic E-state index is 11.8. The molecule has 0 bridgehead atoms. The first-order valence-corrected chi connectivity index (χ1v) is 5.83. The van der Waals surface area contributed by atoms with Gasteiger partial charge in [0.1, 0.15) is 6.04 Å². The van der Waals surface area contributed by atoms with Crippen molar-refractivity contribution in [2.45, 2.75) is 38.6 Å². The van der Waals surface area contributed by atoms with Crippen LogP contribution in [0.25, 0.3) is 0 Å². The van der Waals surface area contributed by atoms with Crippen LogP contribution in [0, 0.1) is 11.8 Å². The van der Waals surface area contributed by atoms with Crippen LogP contribution in [-0.2, 0) is 9.59 Å². The highest BCUT2D eigenvalue weighted by molar-refractivity contribution is 5.85. The Bertz CT molecular complexity index is 264. The Kier molecular flexibility index (Phi) is 4.73. The number of carboxylic acid groups (broad SMARTS) is 1. The van der Waals surface area contributed by atoms with Gasteiger partial charge in [0.25, 0.3) is 0 Å². The van der Waals surface area contributed by atoms with Crippen molar-refractivity contribution in [1.29, 1.82) is 0 Å². The molecule has 1 aliphatic rings. The average Bonchev–Trinajstić information content (AvgIpc) is 3.05. The van der Waals surface area contributed by atoms with Gasteiger partial charge in [-0.25, -0.2) is 4.79 Å². The van der Waals surface area contributed by atoms with Crippen LogP contribution in [0.3, 0.4) is 0 Å². The van der Waals surface area contributed by atoms with E-state index in [1.165, 1.54) is 0 Å². The summed E-state index contributed by atoms with van der Waals surface area (Å²) >= 11 is 0. The van der Waals surface area contributed by atoms with Crippen LogP contribution >= 0.6 is 0 Å². The van der Waals surface area contributed by atoms with E-state index in [1.807, 2.05) is 6.92 Å². The maximum absolute atomic E-state index is 11.8. The molecule has 1 fully saturated rings. The van der Waals surface area contributed by atoms with E-state index in [2.05, 4.69) is 5.32 Å². The summed E-state index contributed by atoms with van der Waals surface area (Å²) in [5, 5.41) is 11.6. The fourth-order valence-corrected chi connectivity index (χ4v) is 1.79. The van der Waals surface area contributed by atoms with Gasteiger partial charge in [0.15, 0.2) is 0 Å². The van der Waals surface area contributed by atoms with Crippen LogP contribution in [0.15, 0.2) is 0 Å². The molecule has 1 aliphatic carbocycles. The summed E-state index contributed by atoms with van der Waals surface area (Å²) in [4.78, 5) is 22.7. The van der Waals surface area contributed by atoms with E-state index in [0.29, 0.717) is 6.42 Å². The molecule has 5 heteroatoms. The van der Waals surface area contributed by atoms with Crippen molar-refractivity contribution in [3.63, 3.8) is 0 Å². The fraction of sp³-hybridized carbons (Fsp3) is 0.818. The van der Waals surface area contributed by atoms with Gasteiger partial charge in [-0.2, -0.15) is 0 Å². The summed E-state index contributed by atoms with van der Waals surface area (Å²) in [5.41, 5.74) is 5.50. The topological polar surface area (TPSA) is 92.4 Å². The van der Waals surface area contributed by atoms with Gasteiger partial charge in [0.05, 0.1) is 5.92 Å². The van der Waals surface area contributed by atoms with Gasteiger partial charge in [-0.3, -0.25) is 4.79 Å². The van der Waals surface area contributed by atoms with E-state index in [9.17, 15) is 9.59 Å². The standard InChI is InChI=1S/C11H20N2O3/c1-2-3-8(6-12)10(14)13-9(11(15)16)7-4-5-7/h7-9H,2-6,12H2,1H3,(H,13,14)(H,15,16). The first-order valence-electron chi connectivity index (χ1n) is 5.83. The second-order valence-electron chi connectivity index (χ2n) is 4.38. The summed E-state index contributed by atoms with van der Waals surface area (Å²) in [5.74, 6) is -1.31. The first-order chi connectivity index (χ1) is 7.60. The predicted molar refractivity (Wildman–Crippen MR) is 59.7 cm³/mol. The number of amides is 1. The highest BCUT2D eigenvalue weighted by atomic mass is 16.4. The van der Waals surface area contributed by atoms with E-state index < -0.39 is 12.0 Å². The number of hydrogen-bond donors (Lipinski definition) is 3. The summed E-state index contributed by atoms with van der Waals surface area (Å²) in [6, 6.07) is -0.724. The molecular weight excluding hydrogens is 208 g/mol. The number of aliphatic carboxylic acids is 1. The summed E-state index contributed by atoms with van der Waals surface area (Å²) in [6.07, 6.45) is 3.35. The minimum Gasteiger partial charge on any atom is -0.480 e. The van der Waals surface area contributed by atoms with E-state index >= 15 is 0 Å². The Morgan fingerprint density at radius 2 is 2.12 bits per heavy atom. The summed E-state index contributed by atoms with van der Waals surface area (Å²) < 4.78 is 0. The third-order valence-electron chi connectivity index (χ3n) is 2.95. The van der Waals surface area contributed by atoms with Crippen molar-refractivity contribution in [1.82, 2.24) is 5.32 Å². The second-order valence-corrected chi connectivity index (χ2v) is 4.38. The minimum absolute atomic E-state index is 0.113. The molecule has 1 saturated carbocycles. The van der Waals surface area contributed by atoms with Crippen molar-refractivity contribution in [3.8, 4) is 0 Å². The zero-order chi connectivity index (χ0) is 12.1. The van der Waals surface area contributed by atoms with Gasteiger partial charge < -0.3 is 16.2 Å². The molecule has 92 valence electrons. The van der Waals surface area contributed by atoms with E-state index in [1.54, 1.807) is 0 Å². The van der Waals surface area contributed by atoms with Gasteiger partial charge in [0.2, 0.25) is 5.91 Å². The number of rotatable bonds is 7. The first kappa shape index (κ1) is 13.0. The quantitative estimate of drug-likeness (QED) is 0.586. The molecule has 0 saturated heterocycles. The number of nitrogens with one attached hydrogen (secondary N) is 1. The Labute approximate surface area is 95.4 Å². The molecule has 0 aromatic rings. The molecule has 2 unspecified atom stereocenters. The minimum atomic E-state index is -0.942. The second kappa shape index (κ2) is 5.84. The number of carbonyl (C=O) groups is 2. The van der Waals surface area contributed by atoms with Crippen molar-refractivity contribution >= 4 is 11.9 Å². The van der Waals surface area contributed by atoms with Crippen LogP contribution in [-0.4, -0.2) is 29.6 Å². The van der Waals surface area contributed by atoms with E-state index in [4.69, 9.17) is 10.8 Å². The Morgan fingerprint density at radius 3 is 2.50 bits per heavy atom. The number of carbonyl (C=O) groups excluding carboxylic acids is 1. The van der Waals surface area contributed by atoms with Gasteiger partial charge in [-0.05, 0) is 25.2 Å². The lowest BCUT2D eigenvalue weighted by Gasteiger charge is -2.18. The van der Waals surface area contributed by atoms with Gasteiger partial charge >= 0.3 is 5.97 Å². The van der Waals surface area contributed by atoms with Crippen molar-refractivity contribution < 1.29 is 14.7 Å². The molecular formula is C11H20N2O3. The number of nitrogens with two attached hydrogens (primary N) is 1. The van der Waals surface area contributed by atoms with Crippen LogP contribution in [0.4, 0.5) is 0 Å². The van der Waals surface area contributed by atoms with Crippen molar-refractivity contribution in [2.75, 3.05) is 6.54 Å². The molecule has 1 rings (SSSR count).